The van der Waals surface area contributed by atoms with Crippen molar-refractivity contribution >= 4 is 11.8 Å². The van der Waals surface area contributed by atoms with E-state index in [1.54, 1.807) is 0 Å². The summed E-state index contributed by atoms with van der Waals surface area (Å²) in [5.41, 5.74) is 0. The first-order valence-corrected chi connectivity index (χ1v) is 4.94. The maximum atomic E-state index is 11.8. The van der Waals surface area contributed by atoms with Crippen LogP contribution in [0, 0.1) is 0 Å². The normalized spacial score (nSPS) is 10.3. The third-order valence-electron chi connectivity index (χ3n) is 1.84. The minimum absolute atomic E-state index is 0.0175. The number of halogens is 2. The van der Waals surface area contributed by atoms with E-state index in [0.717, 1.165) is 0 Å². The average Bonchev–Trinajstić information content (AvgIpc) is 2.25. The molecule has 0 saturated heterocycles. The van der Waals surface area contributed by atoms with Crippen LogP contribution in [-0.2, 0) is 4.79 Å². The molecule has 0 aliphatic heterocycles. The highest BCUT2D eigenvalue weighted by atomic mass is 19.3. The first-order valence-electron chi connectivity index (χ1n) is 4.94. The maximum Gasteiger partial charge on any atom is 0.387 e. The van der Waals surface area contributed by atoms with Crippen molar-refractivity contribution in [3.8, 4) is 5.75 Å². The van der Waals surface area contributed by atoms with Gasteiger partial charge >= 0.3 is 12.6 Å². The molecule has 0 unspecified atom stereocenters. The van der Waals surface area contributed by atoms with E-state index < -0.39 is 12.6 Å². The van der Waals surface area contributed by atoms with E-state index in [0.29, 0.717) is 18.8 Å². The van der Waals surface area contributed by atoms with Crippen LogP contribution in [-0.4, -0.2) is 29.2 Å². The summed E-state index contributed by atoms with van der Waals surface area (Å²) >= 11 is 0. The van der Waals surface area contributed by atoms with Crippen molar-refractivity contribution in [2.24, 2.45) is 0 Å². The second-order valence-corrected chi connectivity index (χ2v) is 3.18. The molecule has 17 heavy (non-hydrogen) atoms. The van der Waals surface area contributed by atoms with Crippen LogP contribution in [0.25, 0.3) is 0 Å². The van der Waals surface area contributed by atoms with E-state index in [9.17, 15) is 13.6 Å². The van der Waals surface area contributed by atoms with Crippen LogP contribution < -0.4 is 10.1 Å². The largest absolute Gasteiger partial charge is 0.481 e. The molecule has 0 aliphatic rings. The molecular weight excluding hydrogens is 234 g/mol. The highest BCUT2D eigenvalue weighted by Gasteiger charge is 2.04. The standard InChI is InChI=1S/C10H12F2N2O3/c11-10(12)17-7-3-4-8(14-6-7)13-5-1-2-9(15)16/h3-4,6,10H,1-2,5H2,(H,13,14)(H,15,16). The van der Waals surface area contributed by atoms with Crippen molar-refractivity contribution < 1.29 is 23.4 Å². The molecule has 0 aromatic carbocycles. The smallest absolute Gasteiger partial charge is 0.387 e. The molecule has 0 radical (unpaired) electrons. The molecule has 1 aromatic rings. The van der Waals surface area contributed by atoms with Crippen LogP contribution in [0.15, 0.2) is 18.3 Å². The third kappa shape index (κ3) is 5.64. The molecule has 0 aliphatic carbocycles. The minimum Gasteiger partial charge on any atom is -0.481 e. The number of nitrogens with one attached hydrogen (secondary N) is 1. The lowest BCUT2D eigenvalue weighted by molar-refractivity contribution is -0.137. The van der Waals surface area contributed by atoms with Gasteiger partial charge in [-0.3, -0.25) is 4.79 Å². The summed E-state index contributed by atoms with van der Waals surface area (Å²) in [4.78, 5) is 14.1. The van der Waals surface area contributed by atoms with Crippen molar-refractivity contribution in [1.82, 2.24) is 4.98 Å². The van der Waals surface area contributed by atoms with Crippen LogP contribution in [0.2, 0.25) is 0 Å². The van der Waals surface area contributed by atoms with Crippen molar-refractivity contribution in [3.63, 3.8) is 0 Å². The quantitative estimate of drug-likeness (QED) is 0.719. The lowest BCUT2D eigenvalue weighted by Crippen LogP contribution is -2.06. The Bertz CT molecular complexity index is 357. The van der Waals surface area contributed by atoms with Gasteiger partial charge in [0.2, 0.25) is 0 Å². The summed E-state index contributed by atoms with van der Waals surface area (Å²) in [5, 5.41) is 11.3. The van der Waals surface area contributed by atoms with Gasteiger partial charge in [0.05, 0.1) is 6.20 Å². The molecule has 1 rings (SSSR count). The maximum absolute atomic E-state index is 11.8. The zero-order chi connectivity index (χ0) is 12.7. The highest BCUT2D eigenvalue weighted by molar-refractivity contribution is 5.66. The summed E-state index contributed by atoms with van der Waals surface area (Å²) in [6.07, 6.45) is 1.71. The molecule has 1 aromatic heterocycles. The van der Waals surface area contributed by atoms with Gasteiger partial charge in [0.15, 0.2) is 0 Å². The predicted molar refractivity (Wildman–Crippen MR) is 56.2 cm³/mol. The second kappa shape index (κ2) is 6.62. The number of ether oxygens (including phenoxy) is 1. The molecule has 2 N–H and O–H groups in total. The van der Waals surface area contributed by atoms with Gasteiger partial charge in [-0.05, 0) is 18.6 Å². The zero-order valence-corrected chi connectivity index (χ0v) is 8.90. The molecule has 0 bridgehead atoms. The Hall–Kier alpha value is -1.92. The lowest BCUT2D eigenvalue weighted by atomic mass is 10.3. The monoisotopic (exact) mass is 246 g/mol. The number of rotatable bonds is 7. The van der Waals surface area contributed by atoms with Crippen LogP contribution >= 0.6 is 0 Å². The molecule has 7 heteroatoms. The topological polar surface area (TPSA) is 71.5 Å². The number of aromatic nitrogens is 1. The zero-order valence-electron chi connectivity index (χ0n) is 8.90. The summed E-state index contributed by atoms with van der Waals surface area (Å²) in [6, 6.07) is 2.84. The Balaban J connectivity index is 2.32. The third-order valence-corrected chi connectivity index (χ3v) is 1.84. The van der Waals surface area contributed by atoms with Crippen molar-refractivity contribution in [3.05, 3.63) is 18.3 Å². The second-order valence-electron chi connectivity index (χ2n) is 3.18. The molecule has 0 amide bonds. The number of carboxylic acid groups (broad SMARTS) is 1. The SMILES string of the molecule is O=C(O)CCCNc1ccc(OC(F)F)cn1. The number of nitrogens with zero attached hydrogens (tertiary/aromatic N) is 1. The summed E-state index contributed by atoms with van der Waals surface area (Å²) in [6.45, 7) is -2.42. The van der Waals surface area contributed by atoms with Gasteiger partial charge in [0.25, 0.3) is 0 Å². The Morgan fingerprint density at radius 2 is 2.29 bits per heavy atom. The van der Waals surface area contributed by atoms with Crippen LogP contribution in [0.3, 0.4) is 0 Å². The van der Waals surface area contributed by atoms with Gasteiger partial charge in [-0.2, -0.15) is 8.78 Å². The fraction of sp³-hybridized carbons (Fsp3) is 0.400. The minimum atomic E-state index is -2.87. The average molecular weight is 246 g/mol. The van der Waals surface area contributed by atoms with E-state index in [-0.39, 0.29) is 12.2 Å². The molecule has 1 heterocycles. The number of anilines is 1. The van der Waals surface area contributed by atoms with Gasteiger partial charge in [0.1, 0.15) is 11.6 Å². The van der Waals surface area contributed by atoms with Gasteiger partial charge in [-0.1, -0.05) is 0 Å². The van der Waals surface area contributed by atoms with E-state index in [2.05, 4.69) is 15.0 Å². The van der Waals surface area contributed by atoms with Crippen LogP contribution in [0.5, 0.6) is 5.75 Å². The van der Waals surface area contributed by atoms with Crippen LogP contribution in [0.1, 0.15) is 12.8 Å². The first kappa shape index (κ1) is 13.1. The highest BCUT2D eigenvalue weighted by Crippen LogP contribution is 2.14. The number of hydrogen-bond donors (Lipinski definition) is 2. The van der Waals surface area contributed by atoms with Gasteiger partial charge in [0, 0.05) is 13.0 Å². The van der Waals surface area contributed by atoms with E-state index in [1.807, 2.05) is 0 Å². The fourth-order valence-electron chi connectivity index (χ4n) is 1.11. The first-order chi connectivity index (χ1) is 8.08. The predicted octanol–water partition coefficient (Wildman–Crippen LogP) is 1.96. The van der Waals surface area contributed by atoms with E-state index in [1.165, 1.54) is 18.3 Å². The Morgan fingerprint density at radius 3 is 2.82 bits per heavy atom. The molecule has 0 fully saturated rings. The summed E-state index contributed by atoms with van der Waals surface area (Å²) in [5.74, 6) is -0.395. The summed E-state index contributed by atoms with van der Waals surface area (Å²) < 4.78 is 27.8. The molecule has 94 valence electrons. The van der Waals surface area contributed by atoms with Crippen molar-refractivity contribution in [1.29, 1.82) is 0 Å². The van der Waals surface area contributed by atoms with Gasteiger partial charge in [-0.15, -0.1) is 0 Å². The van der Waals surface area contributed by atoms with Gasteiger partial charge < -0.3 is 15.2 Å². The lowest BCUT2D eigenvalue weighted by Gasteiger charge is -2.06. The number of alkyl halides is 2. The Morgan fingerprint density at radius 1 is 1.53 bits per heavy atom. The molecule has 0 spiro atoms. The van der Waals surface area contributed by atoms with Crippen LogP contribution in [0.4, 0.5) is 14.6 Å². The molecule has 0 saturated carbocycles. The number of carboxylic acids is 1. The number of carbonyl (C=O) groups is 1. The molecule has 0 atom stereocenters. The van der Waals surface area contributed by atoms with E-state index in [4.69, 9.17) is 5.11 Å². The number of hydrogen-bond acceptors (Lipinski definition) is 4. The van der Waals surface area contributed by atoms with Crippen molar-refractivity contribution in [2.75, 3.05) is 11.9 Å². The van der Waals surface area contributed by atoms with Crippen molar-refractivity contribution in [2.45, 2.75) is 19.5 Å². The number of pyridine rings is 1. The fourth-order valence-corrected chi connectivity index (χ4v) is 1.11. The van der Waals surface area contributed by atoms with E-state index >= 15 is 0 Å². The van der Waals surface area contributed by atoms with Gasteiger partial charge in [-0.25, -0.2) is 4.98 Å². The molecule has 5 nitrogen and oxygen atoms in total. The Kier molecular flexibility index (Phi) is 5.12. The molecular formula is C10H12F2N2O3. The summed E-state index contributed by atoms with van der Waals surface area (Å²) in [7, 11) is 0. The number of aliphatic carboxylic acids is 1. The Labute approximate surface area is 96.4 Å².